The minimum atomic E-state index is -1.29. The first-order valence-corrected chi connectivity index (χ1v) is 8.70. The summed E-state index contributed by atoms with van der Waals surface area (Å²) in [5.74, 6) is 3.43. The monoisotopic (exact) mass is 209 g/mol. The fraction of sp³-hybridized carbons (Fsp3) is 0.727. The molecule has 0 radical (unpaired) electrons. The van der Waals surface area contributed by atoms with Crippen LogP contribution in [0, 0.1) is 11.5 Å². The zero-order chi connectivity index (χ0) is 10.8. The average Bonchev–Trinajstić information content (AvgIpc) is 2.46. The zero-order valence-electron chi connectivity index (χ0n) is 9.55. The van der Waals surface area contributed by atoms with Crippen molar-refractivity contribution in [1.29, 1.82) is 0 Å². The lowest BCUT2D eigenvalue weighted by molar-refractivity contribution is -0.128. The van der Waals surface area contributed by atoms with Crippen molar-refractivity contribution in [2.75, 3.05) is 6.54 Å². The van der Waals surface area contributed by atoms with Gasteiger partial charge in [-0.2, -0.15) is 0 Å². The summed E-state index contributed by atoms with van der Waals surface area (Å²) in [6.07, 6.45) is 2.15. The van der Waals surface area contributed by atoms with Crippen LogP contribution in [0.5, 0.6) is 0 Å². The van der Waals surface area contributed by atoms with Crippen LogP contribution in [0.2, 0.25) is 19.6 Å². The summed E-state index contributed by atoms with van der Waals surface area (Å²) >= 11 is 0. The highest BCUT2D eigenvalue weighted by molar-refractivity contribution is 6.83. The van der Waals surface area contributed by atoms with Crippen molar-refractivity contribution in [1.82, 2.24) is 4.90 Å². The van der Waals surface area contributed by atoms with Crippen LogP contribution in [0.4, 0.5) is 0 Å². The molecule has 0 spiro atoms. The molecule has 0 saturated carbocycles. The zero-order valence-corrected chi connectivity index (χ0v) is 10.6. The SMILES string of the molecule is CC(=O)N1CCCC1C#C[Si](C)(C)C. The molecule has 0 bridgehead atoms. The molecule has 2 nitrogen and oxygen atoms in total. The Morgan fingerprint density at radius 1 is 1.43 bits per heavy atom. The molecule has 1 heterocycles. The van der Waals surface area contributed by atoms with E-state index in [9.17, 15) is 4.79 Å². The molecule has 1 fully saturated rings. The van der Waals surface area contributed by atoms with E-state index < -0.39 is 8.07 Å². The number of amides is 1. The van der Waals surface area contributed by atoms with E-state index in [0.717, 1.165) is 19.4 Å². The predicted molar refractivity (Wildman–Crippen MR) is 61.5 cm³/mol. The summed E-state index contributed by atoms with van der Waals surface area (Å²) in [4.78, 5) is 13.1. The molecule has 78 valence electrons. The minimum Gasteiger partial charge on any atom is -0.329 e. The van der Waals surface area contributed by atoms with E-state index in [-0.39, 0.29) is 11.9 Å². The Hall–Kier alpha value is -0.753. The Morgan fingerprint density at radius 2 is 2.07 bits per heavy atom. The van der Waals surface area contributed by atoms with E-state index in [0.29, 0.717) is 0 Å². The van der Waals surface area contributed by atoms with Crippen molar-refractivity contribution in [3.8, 4) is 11.5 Å². The van der Waals surface area contributed by atoms with Crippen LogP contribution >= 0.6 is 0 Å². The number of rotatable bonds is 0. The smallest absolute Gasteiger partial charge is 0.220 e. The lowest BCUT2D eigenvalue weighted by Crippen LogP contribution is -2.33. The average molecular weight is 209 g/mol. The van der Waals surface area contributed by atoms with Gasteiger partial charge >= 0.3 is 0 Å². The molecule has 0 aromatic carbocycles. The van der Waals surface area contributed by atoms with E-state index in [4.69, 9.17) is 0 Å². The molecule has 1 aliphatic rings. The van der Waals surface area contributed by atoms with Gasteiger partial charge in [-0.3, -0.25) is 4.79 Å². The van der Waals surface area contributed by atoms with Crippen LogP contribution in [0.3, 0.4) is 0 Å². The third kappa shape index (κ3) is 3.19. The van der Waals surface area contributed by atoms with Crippen molar-refractivity contribution in [3.05, 3.63) is 0 Å². The Balaban J connectivity index is 2.67. The molecule has 1 rings (SSSR count). The predicted octanol–water partition coefficient (Wildman–Crippen LogP) is 1.88. The second-order valence-corrected chi connectivity index (χ2v) is 9.64. The van der Waals surface area contributed by atoms with E-state index in [1.807, 2.05) is 4.90 Å². The number of carbonyl (C=O) groups is 1. The first kappa shape index (κ1) is 11.3. The number of hydrogen-bond acceptors (Lipinski definition) is 1. The fourth-order valence-corrected chi connectivity index (χ4v) is 2.19. The van der Waals surface area contributed by atoms with Gasteiger partial charge < -0.3 is 4.90 Å². The molecule has 0 N–H and O–H groups in total. The molecule has 1 amide bonds. The maximum atomic E-state index is 11.3. The van der Waals surface area contributed by atoms with Crippen molar-refractivity contribution in [2.45, 2.75) is 45.4 Å². The molecule has 0 aromatic rings. The Morgan fingerprint density at radius 3 is 2.57 bits per heavy atom. The van der Waals surface area contributed by atoms with Crippen molar-refractivity contribution < 1.29 is 4.79 Å². The van der Waals surface area contributed by atoms with Gasteiger partial charge in [0, 0.05) is 13.5 Å². The van der Waals surface area contributed by atoms with Crippen LogP contribution < -0.4 is 0 Å². The second kappa shape index (κ2) is 4.18. The molecule has 3 heteroatoms. The molecule has 1 atom stereocenters. The summed E-state index contributed by atoms with van der Waals surface area (Å²) in [6.45, 7) is 9.21. The highest BCUT2D eigenvalue weighted by Gasteiger charge is 2.24. The highest BCUT2D eigenvalue weighted by Crippen LogP contribution is 2.16. The summed E-state index contributed by atoms with van der Waals surface area (Å²) in [5.41, 5.74) is 3.34. The maximum absolute atomic E-state index is 11.3. The minimum absolute atomic E-state index is 0.164. The Labute approximate surface area is 87.7 Å². The topological polar surface area (TPSA) is 20.3 Å². The summed E-state index contributed by atoms with van der Waals surface area (Å²) in [5, 5.41) is 0. The Kier molecular flexibility index (Phi) is 3.38. The van der Waals surface area contributed by atoms with Gasteiger partial charge in [0.2, 0.25) is 5.91 Å². The Bertz CT molecular complexity index is 282. The van der Waals surface area contributed by atoms with Gasteiger partial charge in [0.25, 0.3) is 0 Å². The summed E-state index contributed by atoms with van der Waals surface area (Å²) < 4.78 is 0. The van der Waals surface area contributed by atoms with Crippen molar-refractivity contribution in [3.63, 3.8) is 0 Å². The van der Waals surface area contributed by atoms with E-state index in [1.165, 1.54) is 0 Å². The largest absolute Gasteiger partial charge is 0.329 e. The summed E-state index contributed by atoms with van der Waals surface area (Å²) in [7, 11) is -1.29. The number of likely N-dealkylation sites (tertiary alicyclic amines) is 1. The van der Waals surface area contributed by atoms with Crippen LogP contribution in [-0.2, 0) is 4.79 Å². The van der Waals surface area contributed by atoms with E-state index in [1.54, 1.807) is 6.92 Å². The van der Waals surface area contributed by atoms with Gasteiger partial charge in [-0.25, -0.2) is 0 Å². The lowest BCUT2D eigenvalue weighted by atomic mass is 10.2. The van der Waals surface area contributed by atoms with Crippen molar-refractivity contribution >= 4 is 14.0 Å². The molecule has 14 heavy (non-hydrogen) atoms. The van der Waals surface area contributed by atoms with Crippen LogP contribution in [0.15, 0.2) is 0 Å². The normalized spacial score (nSPS) is 21.7. The number of hydrogen-bond donors (Lipinski definition) is 0. The number of carbonyl (C=O) groups excluding carboxylic acids is 1. The summed E-state index contributed by atoms with van der Waals surface area (Å²) in [6, 6.07) is 0.194. The quantitative estimate of drug-likeness (QED) is 0.440. The molecule has 1 saturated heterocycles. The first-order valence-electron chi connectivity index (χ1n) is 5.20. The molecular formula is C11H19NOSi. The molecule has 1 unspecified atom stereocenters. The van der Waals surface area contributed by atoms with Gasteiger partial charge in [0.05, 0.1) is 6.04 Å². The molecule has 0 aromatic heterocycles. The molecular weight excluding hydrogens is 190 g/mol. The van der Waals surface area contributed by atoms with Crippen molar-refractivity contribution in [2.24, 2.45) is 0 Å². The third-order valence-corrected chi connectivity index (χ3v) is 3.17. The van der Waals surface area contributed by atoms with E-state index in [2.05, 4.69) is 31.1 Å². The van der Waals surface area contributed by atoms with Crippen LogP contribution in [0.25, 0.3) is 0 Å². The molecule has 0 aliphatic carbocycles. The van der Waals surface area contributed by atoms with Gasteiger partial charge in [0.15, 0.2) is 0 Å². The van der Waals surface area contributed by atoms with Crippen LogP contribution in [-0.4, -0.2) is 31.5 Å². The lowest BCUT2D eigenvalue weighted by Gasteiger charge is -2.18. The fourth-order valence-electron chi connectivity index (χ4n) is 1.59. The van der Waals surface area contributed by atoms with Gasteiger partial charge in [-0.15, -0.1) is 5.54 Å². The number of nitrogens with zero attached hydrogens (tertiary/aromatic N) is 1. The third-order valence-electron chi connectivity index (χ3n) is 2.27. The highest BCUT2D eigenvalue weighted by atomic mass is 28.3. The first-order chi connectivity index (χ1) is 6.40. The standard InChI is InChI=1S/C11H19NOSi/c1-10(13)12-8-5-6-11(12)7-9-14(2,3)4/h11H,5-6,8H2,1-4H3. The maximum Gasteiger partial charge on any atom is 0.220 e. The van der Waals surface area contributed by atoms with Gasteiger partial charge in [0.1, 0.15) is 8.07 Å². The van der Waals surface area contributed by atoms with E-state index >= 15 is 0 Å². The second-order valence-electron chi connectivity index (χ2n) is 4.89. The van der Waals surface area contributed by atoms with Crippen LogP contribution in [0.1, 0.15) is 19.8 Å². The van der Waals surface area contributed by atoms with Gasteiger partial charge in [-0.1, -0.05) is 25.6 Å². The molecule has 1 aliphatic heterocycles. The van der Waals surface area contributed by atoms with Gasteiger partial charge in [-0.05, 0) is 12.8 Å².